The van der Waals surface area contributed by atoms with Crippen LogP contribution < -0.4 is 5.73 Å². The Morgan fingerprint density at radius 1 is 1.50 bits per heavy atom. The van der Waals surface area contributed by atoms with Gasteiger partial charge in [0.2, 0.25) is 0 Å². The van der Waals surface area contributed by atoms with E-state index in [0.29, 0.717) is 22.0 Å². The number of aromatic nitrogens is 1. The first-order valence-corrected chi connectivity index (χ1v) is 6.77. The monoisotopic (exact) mass is 278 g/mol. The Labute approximate surface area is 109 Å². The van der Waals surface area contributed by atoms with E-state index in [1.54, 1.807) is 17.8 Å². The molecule has 1 atom stereocenters. The molecule has 1 aromatic rings. The van der Waals surface area contributed by atoms with Gasteiger partial charge in [0.25, 0.3) is 0 Å². The highest BCUT2D eigenvalue weighted by Gasteiger charge is 2.17. The van der Waals surface area contributed by atoms with Gasteiger partial charge in [-0.2, -0.15) is 0 Å². The fourth-order valence-corrected chi connectivity index (χ4v) is 3.00. The van der Waals surface area contributed by atoms with Crippen LogP contribution in [0.2, 0.25) is 10.0 Å². The summed E-state index contributed by atoms with van der Waals surface area (Å²) in [5, 5.41) is 1.66. The summed E-state index contributed by atoms with van der Waals surface area (Å²) in [7, 11) is 0. The lowest BCUT2D eigenvalue weighted by molar-refractivity contribution is 0.129. The van der Waals surface area contributed by atoms with E-state index in [4.69, 9.17) is 33.7 Å². The smallest absolute Gasteiger partial charge is 0.143 e. The summed E-state index contributed by atoms with van der Waals surface area (Å²) < 4.78 is 5.52. The molecule has 3 nitrogen and oxygen atoms in total. The molecular weight excluding hydrogens is 267 g/mol. The van der Waals surface area contributed by atoms with Crippen LogP contribution in [0.3, 0.4) is 0 Å². The second-order valence-corrected chi connectivity index (χ2v) is 5.41. The number of nitrogens with zero attached hydrogens (tertiary/aromatic N) is 1. The molecule has 6 heteroatoms. The maximum Gasteiger partial charge on any atom is 0.143 e. The van der Waals surface area contributed by atoms with Gasteiger partial charge in [0.15, 0.2) is 0 Å². The molecule has 1 saturated heterocycles. The number of halogens is 2. The number of rotatable bonds is 3. The normalized spacial score (nSPS) is 20.2. The first-order valence-electron chi connectivity index (χ1n) is 5.02. The SMILES string of the molecule is Nc1nc(SCC2CCCO2)c(Cl)cc1Cl. The Bertz CT molecular complexity index is 383. The molecule has 0 saturated carbocycles. The van der Waals surface area contributed by atoms with Gasteiger partial charge in [-0.1, -0.05) is 23.2 Å². The first kappa shape index (κ1) is 12.3. The topological polar surface area (TPSA) is 48.1 Å². The fourth-order valence-electron chi connectivity index (χ4n) is 1.51. The second kappa shape index (κ2) is 5.45. The number of hydrogen-bond donors (Lipinski definition) is 1. The van der Waals surface area contributed by atoms with Gasteiger partial charge >= 0.3 is 0 Å². The van der Waals surface area contributed by atoms with Crippen LogP contribution >= 0.6 is 35.0 Å². The van der Waals surface area contributed by atoms with E-state index < -0.39 is 0 Å². The minimum Gasteiger partial charge on any atom is -0.382 e. The number of pyridine rings is 1. The fraction of sp³-hybridized carbons (Fsp3) is 0.500. The minimum absolute atomic E-state index is 0.305. The van der Waals surface area contributed by atoms with Gasteiger partial charge in [0.1, 0.15) is 10.8 Å². The van der Waals surface area contributed by atoms with Crippen LogP contribution in [0, 0.1) is 0 Å². The number of hydrogen-bond acceptors (Lipinski definition) is 4. The molecule has 2 N–H and O–H groups in total. The largest absolute Gasteiger partial charge is 0.382 e. The van der Waals surface area contributed by atoms with E-state index in [2.05, 4.69) is 4.98 Å². The summed E-state index contributed by atoms with van der Waals surface area (Å²) in [6.45, 7) is 0.856. The average molecular weight is 279 g/mol. The Balaban J connectivity index is 2.00. The van der Waals surface area contributed by atoms with Gasteiger partial charge in [-0.25, -0.2) is 4.98 Å². The lowest BCUT2D eigenvalue weighted by Crippen LogP contribution is -2.08. The van der Waals surface area contributed by atoms with Crippen LogP contribution in [0.25, 0.3) is 0 Å². The van der Waals surface area contributed by atoms with Crippen molar-refractivity contribution in [2.75, 3.05) is 18.1 Å². The molecule has 0 bridgehead atoms. The average Bonchev–Trinajstić information content (AvgIpc) is 2.74. The highest BCUT2D eigenvalue weighted by Crippen LogP contribution is 2.32. The van der Waals surface area contributed by atoms with E-state index in [-0.39, 0.29) is 0 Å². The van der Waals surface area contributed by atoms with Crippen molar-refractivity contribution in [2.24, 2.45) is 0 Å². The highest BCUT2D eigenvalue weighted by molar-refractivity contribution is 7.99. The number of nitrogen functional groups attached to an aromatic ring is 1. The maximum atomic E-state index is 6.02. The van der Waals surface area contributed by atoms with Crippen LogP contribution in [-0.4, -0.2) is 23.4 Å². The van der Waals surface area contributed by atoms with Gasteiger partial charge < -0.3 is 10.5 Å². The molecule has 0 radical (unpaired) electrons. The molecule has 88 valence electrons. The van der Waals surface area contributed by atoms with Crippen molar-refractivity contribution in [1.29, 1.82) is 0 Å². The predicted molar refractivity (Wildman–Crippen MR) is 68.4 cm³/mol. The van der Waals surface area contributed by atoms with Gasteiger partial charge in [-0.3, -0.25) is 0 Å². The Hall–Kier alpha value is -0.160. The van der Waals surface area contributed by atoms with Crippen molar-refractivity contribution in [2.45, 2.75) is 24.0 Å². The Kier molecular flexibility index (Phi) is 4.19. The summed E-state index contributed by atoms with van der Waals surface area (Å²) in [5.41, 5.74) is 5.63. The molecule has 1 aromatic heterocycles. The molecule has 1 fully saturated rings. The third kappa shape index (κ3) is 2.94. The van der Waals surface area contributed by atoms with Crippen LogP contribution in [0.4, 0.5) is 5.82 Å². The lowest BCUT2D eigenvalue weighted by Gasteiger charge is -2.09. The molecule has 1 aliphatic heterocycles. The van der Waals surface area contributed by atoms with E-state index in [9.17, 15) is 0 Å². The van der Waals surface area contributed by atoms with Crippen molar-refractivity contribution >= 4 is 40.8 Å². The van der Waals surface area contributed by atoms with Crippen LogP contribution in [0.1, 0.15) is 12.8 Å². The summed E-state index contributed by atoms with van der Waals surface area (Å²) in [5.74, 6) is 1.18. The molecule has 0 aromatic carbocycles. The number of ether oxygens (including phenoxy) is 1. The van der Waals surface area contributed by atoms with E-state index >= 15 is 0 Å². The molecule has 16 heavy (non-hydrogen) atoms. The Morgan fingerprint density at radius 3 is 3.00 bits per heavy atom. The third-order valence-corrected chi connectivity index (χ3v) is 4.18. The van der Waals surface area contributed by atoms with Crippen LogP contribution in [0.5, 0.6) is 0 Å². The number of anilines is 1. The van der Waals surface area contributed by atoms with Gasteiger partial charge in [0.05, 0.1) is 16.1 Å². The van der Waals surface area contributed by atoms with Crippen LogP contribution in [-0.2, 0) is 4.74 Å². The van der Waals surface area contributed by atoms with E-state index in [1.807, 2.05) is 0 Å². The minimum atomic E-state index is 0.305. The van der Waals surface area contributed by atoms with E-state index in [0.717, 1.165) is 30.2 Å². The first-order chi connectivity index (χ1) is 7.66. The second-order valence-electron chi connectivity index (χ2n) is 3.59. The predicted octanol–water partition coefficient (Wildman–Crippen LogP) is 3.24. The molecule has 1 unspecified atom stereocenters. The molecule has 2 rings (SSSR count). The molecule has 2 heterocycles. The zero-order valence-electron chi connectivity index (χ0n) is 8.58. The van der Waals surface area contributed by atoms with Crippen molar-refractivity contribution in [1.82, 2.24) is 4.98 Å². The van der Waals surface area contributed by atoms with Crippen molar-refractivity contribution in [3.05, 3.63) is 16.1 Å². The van der Waals surface area contributed by atoms with Gasteiger partial charge in [0, 0.05) is 12.4 Å². The molecule has 1 aliphatic rings. The highest BCUT2D eigenvalue weighted by atomic mass is 35.5. The standard InChI is InChI=1S/C10H12Cl2N2OS/c11-7-4-8(12)10(14-9(7)13)16-5-6-2-1-3-15-6/h4,6H,1-3,5H2,(H2,13,14). The van der Waals surface area contributed by atoms with Crippen LogP contribution in [0.15, 0.2) is 11.1 Å². The third-order valence-electron chi connectivity index (χ3n) is 2.35. The summed E-state index contributed by atoms with van der Waals surface area (Å²) in [4.78, 5) is 4.15. The number of nitrogens with two attached hydrogens (primary N) is 1. The quantitative estimate of drug-likeness (QED) is 0.863. The van der Waals surface area contributed by atoms with E-state index in [1.165, 1.54) is 0 Å². The Morgan fingerprint density at radius 2 is 2.31 bits per heavy atom. The number of thioether (sulfide) groups is 1. The summed E-state index contributed by atoms with van der Waals surface area (Å²) >= 11 is 13.4. The van der Waals surface area contributed by atoms with Gasteiger partial charge in [-0.05, 0) is 18.9 Å². The summed E-state index contributed by atoms with van der Waals surface area (Å²) in [6, 6.07) is 1.63. The van der Waals surface area contributed by atoms with Gasteiger partial charge in [-0.15, -0.1) is 11.8 Å². The zero-order chi connectivity index (χ0) is 11.5. The molecule has 0 aliphatic carbocycles. The molecular formula is C10H12Cl2N2OS. The maximum absolute atomic E-state index is 6.02. The zero-order valence-corrected chi connectivity index (χ0v) is 10.9. The van der Waals surface area contributed by atoms with Crippen molar-refractivity contribution in [3.8, 4) is 0 Å². The lowest BCUT2D eigenvalue weighted by atomic mass is 10.3. The summed E-state index contributed by atoms with van der Waals surface area (Å²) in [6.07, 6.45) is 2.54. The molecule has 0 amide bonds. The van der Waals surface area contributed by atoms with Crippen molar-refractivity contribution < 1.29 is 4.74 Å². The van der Waals surface area contributed by atoms with Crippen molar-refractivity contribution in [3.63, 3.8) is 0 Å². The molecule has 0 spiro atoms.